The van der Waals surface area contributed by atoms with Gasteiger partial charge in [0, 0.05) is 5.02 Å². The van der Waals surface area contributed by atoms with Crippen LogP contribution < -0.4 is 19.1 Å². The van der Waals surface area contributed by atoms with Crippen LogP contribution in [0.5, 0.6) is 11.5 Å². The Balaban J connectivity index is 2.04. The van der Waals surface area contributed by atoms with Crippen LogP contribution in [0.1, 0.15) is 13.3 Å². The Morgan fingerprint density at radius 3 is 2.31 bits per heavy atom. The molecule has 0 aliphatic carbocycles. The van der Waals surface area contributed by atoms with E-state index in [0.29, 0.717) is 28.6 Å². The molecule has 1 amide bonds. The quantitative estimate of drug-likeness (QED) is 0.574. The molecule has 158 valence electrons. The zero-order chi connectivity index (χ0) is 21.4. The summed E-state index contributed by atoms with van der Waals surface area (Å²) >= 11 is 5.89. The molecule has 0 saturated carbocycles. The average Bonchev–Trinajstić information content (AvgIpc) is 2.69. The lowest BCUT2D eigenvalue weighted by Gasteiger charge is -2.30. The number of para-hydroxylation sites is 2. The monoisotopic (exact) mass is 440 g/mol. The molecule has 0 unspecified atom stereocenters. The van der Waals surface area contributed by atoms with E-state index in [1.807, 2.05) is 12.1 Å². The van der Waals surface area contributed by atoms with Crippen LogP contribution in [0.2, 0.25) is 5.02 Å². The van der Waals surface area contributed by atoms with Crippen molar-refractivity contribution >= 4 is 33.2 Å². The van der Waals surface area contributed by atoms with Crippen molar-refractivity contribution in [3.05, 3.63) is 53.6 Å². The topological polar surface area (TPSA) is 84.9 Å². The van der Waals surface area contributed by atoms with E-state index in [1.54, 1.807) is 50.4 Å². The molecule has 7 nitrogen and oxygen atoms in total. The van der Waals surface area contributed by atoms with Crippen LogP contribution in [0, 0.1) is 0 Å². The summed E-state index contributed by atoms with van der Waals surface area (Å²) in [7, 11) is -2.14. The van der Waals surface area contributed by atoms with Crippen LogP contribution in [-0.4, -0.2) is 46.9 Å². The van der Waals surface area contributed by atoms with Crippen LogP contribution in [0.15, 0.2) is 48.5 Å². The van der Waals surface area contributed by atoms with Crippen molar-refractivity contribution in [2.75, 3.05) is 30.8 Å². The van der Waals surface area contributed by atoms with Crippen LogP contribution in [0.3, 0.4) is 0 Å². The van der Waals surface area contributed by atoms with Gasteiger partial charge in [-0.05, 0) is 42.8 Å². The summed E-state index contributed by atoms with van der Waals surface area (Å²) in [5.41, 5.74) is 0.379. The molecule has 0 aliphatic rings. The highest BCUT2D eigenvalue weighted by molar-refractivity contribution is 7.92. The maximum atomic E-state index is 12.7. The smallest absolute Gasteiger partial charge is 0.244 e. The van der Waals surface area contributed by atoms with Gasteiger partial charge in [0.25, 0.3) is 0 Å². The molecule has 0 saturated heterocycles. The number of sulfonamides is 1. The number of nitrogens with one attached hydrogen (secondary N) is 1. The SMILES string of the molecule is CC[C@@H](C(=O)NCCOc1ccccc1OC)N(c1ccc(Cl)cc1)S(C)(=O)=O. The molecule has 2 rings (SSSR count). The minimum Gasteiger partial charge on any atom is -0.493 e. The third-order valence-corrected chi connectivity index (χ3v) is 5.57. The van der Waals surface area contributed by atoms with Crippen LogP contribution in [0.4, 0.5) is 5.69 Å². The van der Waals surface area contributed by atoms with Gasteiger partial charge in [0.2, 0.25) is 15.9 Å². The molecule has 1 atom stereocenters. The number of halogens is 1. The fourth-order valence-corrected chi connectivity index (χ4v) is 4.18. The van der Waals surface area contributed by atoms with Gasteiger partial charge in [-0.1, -0.05) is 30.7 Å². The first-order chi connectivity index (χ1) is 13.8. The molecule has 0 bridgehead atoms. The summed E-state index contributed by atoms with van der Waals surface area (Å²) < 4.78 is 36.7. The lowest BCUT2D eigenvalue weighted by Crippen LogP contribution is -2.50. The lowest BCUT2D eigenvalue weighted by molar-refractivity contribution is -0.122. The molecule has 29 heavy (non-hydrogen) atoms. The van der Waals surface area contributed by atoms with E-state index < -0.39 is 22.0 Å². The van der Waals surface area contributed by atoms with Gasteiger partial charge < -0.3 is 14.8 Å². The predicted molar refractivity (Wildman–Crippen MR) is 114 cm³/mol. The van der Waals surface area contributed by atoms with Crippen molar-refractivity contribution in [1.29, 1.82) is 0 Å². The molecule has 2 aromatic carbocycles. The van der Waals surface area contributed by atoms with Crippen molar-refractivity contribution in [2.45, 2.75) is 19.4 Å². The van der Waals surface area contributed by atoms with Crippen molar-refractivity contribution in [3.63, 3.8) is 0 Å². The normalized spacial score (nSPS) is 12.1. The molecule has 0 fully saturated rings. The molecule has 1 N–H and O–H groups in total. The maximum absolute atomic E-state index is 12.7. The number of rotatable bonds is 10. The average molecular weight is 441 g/mol. The van der Waals surface area contributed by atoms with E-state index in [-0.39, 0.29) is 13.2 Å². The number of nitrogens with zero attached hydrogens (tertiary/aromatic N) is 1. The van der Waals surface area contributed by atoms with E-state index in [1.165, 1.54) is 0 Å². The van der Waals surface area contributed by atoms with Gasteiger partial charge in [0.15, 0.2) is 11.5 Å². The zero-order valence-electron chi connectivity index (χ0n) is 16.6. The van der Waals surface area contributed by atoms with E-state index in [4.69, 9.17) is 21.1 Å². The molecule has 9 heteroatoms. The Morgan fingerprint density at radius 2 is 1.76 bits per heavy atom. The van der Waals surface area contributed by atoms with Gasteiger partial charge in [0.05, 0.1) is 25.6 Å². The molecule has 0 heterocycles. The van der Waals surface area contributed by atoms with E-state index in [2.05, 4.69) is 5.32 Å². The van der Waals surface area contributed by atoms with Crippen molar-refractivity contribution in [1.82, 2.24) is 5.32 Å². The third kappa shape index (κ3) is 6.27. The highest BCUT2D eigenvalue weighted by atomic mass is 35.5. The Morgan fingerprint density at radius 1 is 1.14 bits per heavy atom. The number of amides is 1. The number of methoxy groups -OCH3 is 1. The van der Waals surface area contributed by atoms with Gasteiger partial charge in [0.1, 0.15) is 12.6 Å². The van der Waals surface area contributed by atoms with Crippen LogP contribution in [0.25, 0.3) is 0 Å². The first kappa shape index (κ1) is 22.8. The highest BCUT2D eigenvalue weighted by Crippen LogP contribution is 2.26. The minimum atomic E-state index is -3.69. The van der Waals surface area contributed by atoms with Gasteiger partial charge in [-0.3, -0.25) is 9.10 Å². The van der Waals surface area contributed by atoms with Gasteiger partial charge in [-0.15, -0.1) is 0 Å². The summed E-state index contributed by atoms with van der Waals surface area (Å²) in [6.07, 6.45) is 1.37. The molecular weight excluding hydrogens is 416 g/mol. The second-order valence-electron chi connectivity index (χ2n) is 6.25. The second-order valence-corrected chi connectivity index (χ2v) is 8.55. The fourth-order valence-electron chi connectivity index (χ4n) is 2.84. The Hall–Kier alpha value is -2.45. The fraction of sp³-hybridized carbons (Fsp3) is 0.350. The first-order valence-electron chi connectivity index (χ1n) is 9.06. The predicted octanol–water partition coefficient (Wildman–Crippen LogP) is 3.09. The number of benzene rings is 2. The Bertz CT molecular complexity index is 919. The minimum absolute atomic E-state index is 0.211. The molecule has 0 aromatic heterocycles. The number of carbonyl (C=O) groups excluding carboxylic acids is 1. The summed E-state index contributed by atoms with van der Waals surface area (Å²) in [6, 6.07) is 12.6. The number of hydrogen-bond acceptors (Lipinski definition) is 5. The van der Waals surface area contributed by atoms with Gasteiger partial charge >= 0.3 is 0 Å². The number of anilines is 1. The molecule has 0 aliphatic heterocycles. The Labute approximate surface area is 176 Å². The number of ether oxygens (including phenoxy) is 2. The van der Waals surface area contributed by atoms with Gasteiger partial charge in [-0.25, -0.2) is 8.42 Å². The van der Waals surface area contributed by atoms with Crippen molar-refractivity contribution in [2.24, 2.45) is 0 Å². The highest BCUT2D eigenvalue weighted by Gasteiger charge is 2.31. The van der Waals surface area contributed by atoms with E-state index in [9.17, 15) is 13.2 Å². The van der Waals surface area contributed by atoms with E-state index >= 15 is 0 Å². The second kappa shape index (κ2) is 10.4. The van der Waals surface area contributed by atoms with Gasteiger partial charge in [-0.2, -0.15) is 0 Å². The van der Waals surface area contributed by atoms with Crippen LogP contribution in [-0.2, 0) is 14.8 Å². The standard InChI is InChI=1S/C20H25ClN2O5S/c1-4-17(23(29(3,25)26)16-11-9-15(21)10-12-16)20(24)22-13-14-28-19-8-6-5-7-18(19)27-2/h5-12,17H,4,13-14H2,1-3H3,(H,22,24)/t17-/m0/s1. The summed E-state index contributed by atoms with van der Waals surface area (Å²) in [5.74, 6) is 0.753. The first-order valence-corrected chi connectivity index (χ1v) is 11.3. The number of carbonyl (C=O) groups is 1. The van der Waals surface area contributed by atoms with E-state index in [0.717, 1.165) is 10.6 Å². The largest absolute Gasteiger partial charge is 0.493 e. The van der Waals surface area contributed by atoms with Crippen molar-refractivity contribution < 1.29 is 22.7 Å². The molecule has 2 aromatic rings. The lowest BCUT2D eigenvalue weighted by atomic mass is 10.2. The third-order valence-electron chi connectivity index (χ3n) is 4.14. The maximum Gasteiger partial charge on any atom is 0.244 e. The molecular formula is C20H25ClN2O5S. The molecule has 0 spiro atoms. The Kier molecular flexibility index (Phi) is 8.16. The number of hydrogen-bond donors (Lipinski definition) is 1. The summed E-state index contributed by atoms with van der Waals surface area (Å²) in [4.78, 5) is 12.7. The summed E-state index contributed by atoms with van der Waals surface area (Å²) in [5, 5.41) is 3.22. The zero-order valence-corrected chi connectivity index (χ0v) is 18.2. The van der Waals surface area contributed by atoms with Crippen LogP contribution >= 0.6 is 11.6 Å². The molecule has 0 radical (unpaired) electrons. The summed E-state index contributed by atoms with van der Waals surface area (Å²) in [6.45, 7) is 2.18. The van der Waals surface area contributed by atoms with Crippen molar-refractivity contribution in [3.8, 4) is 11.5 Å².